The van der Waals surface area contributed by atoms with Crippen LogP contribution in [0.3, 0.4) is 0 Å². The van der Waals surface area contributed by atoms with Crippen molar-refractivity contribution in [1.82, 2.24) is 9.97 Å². The summed E-state index contributed by atoms with van der Waals surface area (Å²) in [6.45, 7) is 0. The van der Waals surface area contributed by atoms with Crippen molar-refractivity contribution >= 4 is 11.0 Å². The van der Waals surface area contributed by atoms with Crippen LogP contribution in [0.4, 0.5) is 4.39 Å². The van der Waals surface area contributed by atoms with Gasteiger partial charge in [0.2, 0.25) is 0 Å². The van der Waals surface area contributed by atoms with Gasteiger partial charge >= 0.3 is 0 Å². The number of benzene rings is 1. The van der Waals surface area contributed by atoms with E-state index in [9.17, 15) is 4.39 Å². The monoisotopic (exact) mass is 175 g/mol. The minimum atomic E-state index is -0.385. The summed E-state index contributed by atoms with van der Waals surface area (Å²) >= 11 is 0. The van der Waals surface area contributed by atoms with Crippen LogP contribution in [0.2, 0.25) is 0 Å². The van der Waals surface area contributed by atoms with Crippen LogP contribution in [0.25, 0.3) is 11.0 Å². The average Bonchev–Trinajstić information content (AvgIpc) is 2.53. The fourth-order valence-electron chi connectivity index (χ4n) is 1.26. The van der Waals surface area contributed by atoms with E-state index < -0.39 is 0 Å². The third kappa shape index (κ3) is 1.25. The molecule has 1 N–H and O–H groups in total. The molecule has 3 nitrogen and oxygen atoms in total. The quantitative estimate of drug-likeness (QED) is 0.718. The van der Waals surface area contributed by atoms with Crippen molar-refractivity contribution < 1.29 is 4.39 Å². The Morgan fingerprint density at radius 2 is 2.38 bits per heavy atom. The fourth-order valence-corrected chi connectivity index (χ4v) is 1.26. The highest BCUT2D eigenvalue weighted by Gasteiger charge is 2.05. The number of nitrogens with zero attached hydrogens (tertiary/aromatic N) is 2. The van der Waals surface area contributed by atoms with Crippen LogP contribution in [0.5, 0.6) is 0 Å². The van der Waals surface area contributed by atoms with Crippen molar-refractivity contribution in [1.29, 1.82) is 5.26 Å². The summed E-state index contributed by atoms with van der Waals surface area (Å²) in [4.78, 5) is 6.60. The van der Waals surface area contributed by atoms with Crippen molar-refractivity contribution in [3.63, 3.8) is 0 Å². The number of fused-ring (bicyclic) bond motifs is 1. The first-order valence-electron chi connectivity index (χ1n) is 3.79. The summed E-state index contributed by atoms with van der Waals surface area (Å²) in [5.41, 5.74) is 1.61. The lowest BCUT2D eigenvalue weighted by Crippen LogP contribution is -1.85. The van der Waals surface area contributed by atoms with Gasteiger partial charge in [-0.3, -0.25) is 0 Å². The SMILES string of the molecule is N#CCc1cc(F)c2nc[nH]c2c1. The summed E-state index contributed by atoms with van der Waals surface area (Å²) in [5.74, 6) is -0.385. The van der Waals surface area contributed by atoms with Crippen molar-refractivity contribution in [2.45, 2.75) is 6.42 Å². The highest BCUT2D eigenvalue weighted by molar-refractivity contribution is 5.75. The van der Waals surface area contributed by atoms with Gasteiger partial charge in [0.15, 0.2) is 5.82 Å². The van der Waals surface area contributed by atoms with E-state index in [0.717, 1.165) is 0 Å². The molecule has 0 atom stereocenters. The molecule has 0 aliphatic heterocycles. The number of aromatic amines is 1. The van der Waals surface area contributed by atoms with E-state index >= 15 is 0 Å². The van der Waals surface area contributed by atoms with Gasteiger partial charge in [0.05, 0.1) is 24.3 Å². The molecule has 13 heavy (non-hydrogen) atoms. The summed E-state index contributed by atoms with van der Waals surface area (Å²) in [6.07, 6.45) is 1.65. The standard InChI is InChI=1S/C9H6FN3/c10-7-3-6(1-2-11)4-8-9(7)13-5-12-8/h3-5H,1H2,(H,12,13). The predicted molar refractivity (Wildman–Crippen MR) is 45.4 cm³/mol. The van der Waals surface area contributed by atoms with Gasteiger partial charge in [-0.2, -0.15) is 5.26 Å². The molecule has 0 bridgehead atoms. The molecular formula is C9H6FN3. The summed E-state index contributed by atoms with van der Waals surface area (Å²) in [5, 5.41) is 8.43. The van der Waals surface area contributed by atoms with Crippen LogP contribution < -0.4 is 0 Å². The van der Waals surface area contributed by atoms with Gasteiger partial charge in [0.25, 0.3) is 0 Å². The summed E-state index contributed by atoms with van der Waals surface area (Å²) in [7, 11) is 0. The van der Waals surface area contributed by atoms with E-state index in [1.165, 1.54) is 12.4 Å². The zero-order valence-corrected chi connectivity index (χ0v) is 6.71. The van der Waals surface area contributed by atoms with Crippen LogP contribution in [0.15, 0.2) is 18.5 Å². The predicted octanol–water partition coefficient (Wildman–Crippen LogP) is 1.77. The lowest BCUT2D eigenvalue weighted by molar-refractivity contribution is 0.636. The fraction of sp³-hybridized carbons (Fsp3) is 0.111. The van der Waals surface area contributed by atoms with E-state index in [0.29, 0.717) is 16.6 Å². The lowest BCUT2D eigenvalue weighted by atomic mass is 10.1. The Balaban J connectivity index is 2.64. The molecule has 1 aromatic heterocycles. The van der Waals surface area contributed by atoms with E-state index in [4.69, 9.17) is 5.26 Å². The van der Waals surface area contributed by atoms with Crippen LogP contribution in [-0.2, 0) is 6.42 Å². The minimum Gasteiger partial charge on any atom is -0.344 e. The molecule has 0 aliphatic rings. The zero-order valence-electron chi connectivity index (χ0n) is 6.71. The van der Waals surface area contributed by atoms with Crippen LogP contribution in [0.1, 0.15) is 5.56 Å². The second-order valence-corrected chi connectivity index (χ2v) is 2.71. The van der Waals surface area contributed by atoms with E-state index in [2.05, 4.69) is 9.97 Å². The number of rotatable bonds is 1. The second-order valence-electron chi connectivity index (χ2n) is 2.71. The minimum absolute atomic E-state index is 0.214. The van der Waals surface area contributed by atoms with Gasteiger partial charge in [0.1, 0.15) is 5.52 Å². The van der Waals surface area contributed by atoms with Crippen molar-refractivity contribution in [3.8, 4) is 6.07 Å². The number of nitrogens with one attached hydrogen (secondary N) is 1. The molecule has 1 heterocycles. The van der Waals surface area contributed by atoms with Gasteiger partial charge < -0.3 is 4.98 Å². The largest absolute Gasteiger partial charge is 0.344 e. The number of imidazole rings is 1. The molecule has 4 heteroatoms. The maximum atomic E-state index is 13.2. The number of aromatic nitrogens is 2. The number of hydrogen-bond acceptors (Lipinski definition) is 2. The normalized spacial score (nSPS) is 10.2. The molecule has 64 valence electrons. The van der Waals surface area contributed by atoms with Gasteiger partial charge in [-0.15, -0.1) is 0 Å². The van der Waals surface area contributed by atoms with E-state index in [1.807, 2.05) is 6.07 Å². The molecule has 1 aromatic carbocycles. The average molecular weight is 175 g/mol. The maximum Gasteiger partial charge on any atom is 0.151 e. The van der Waals surface area contributed by atoms with E-state index in [1.54, 1.807) is 6.07 Å². The molecule has 0 fully saturated rings. The van der Waals surface area contributed by atoms with Crippen LogP contribution in [0, 0.1) is 17.1 Å². The molecule has 0 spiro atoms. The molecule has 0 saturated heterocycles. The molecule has 0 aliphatic carbocycles. The number of nitriles is 1. The number of H-pyrrole nitrogens is 1. The molecule has 2 rings (SSSR count). The molecule has 0 radical (unpaired) electrons. The Morgan fingerprint density at radius 1 is 1.54 bits per heavy atom. The van der Waals surface area contributed by atoms with Crippen LogP contribution in [-0.4, -0.2) is 9.97 Å². The molecule has 2 aromatic rings. The maximum absolute atomic E-state index is 13.2. The summed E-state index contributed by atoms with van der Waals surface area (Å²) in [6, 6.07) is 5.04. The molecule has 0 saturated carbocycles. The molecule has 0 unspecified atom stereocenters. The number of halogens is 1. The first-order valence-corrected chi connectivity index (χ1v) is 3.79. The topological polar surface area (TPSA) is 52.5 Å². The molecular weight excluding hydrogens is 169 g/mol. The first-order chi connectivity index (χ1) is 6.31. The summed E-state index contributed by atoms with van der Waals surface area (Å²) < 4.78 is 13.2. The van der Waals surface area contributed by atoms with E-state index in [-0.39, 0.29) is 12.2 Å². The highest BCUT2D eigenvalue weighted by Crippen LogP contribution is 2.16. The van der Waals surface area contributed by atoms with Crippen molar-refractivity contribution in [2.75, 3.05) is 0 Å². The third-order valence-electron chi connectivity index (χ3n) is 1.82. The Hall–Kier alpha value is -1.89. The Kier molecular flexibility index (Phi) is 1.71. The first kappa shape index (κ1) is 7.74. The van der Waals surface area contributed by atoms with Crippen molar-refractivity contribution in [2.24, 2.45) is 0 Å². The van der Waals surface area contributed by atoms with Crippen molar-refractivity contribution in [3.05, 3.63) is 29.8 Å². The second kappa shape index (κ2) is 2.87. The number of hydrogen-bond donors (Lipinski definition) is 1. The Morgan fingerprint density at radius 3 is 3.15 bits per heavy atom. The van der Waals surface area contributed by atoms with Gasteiger partial charge in [-0.25, -0.2) is 9.37 Å². The highest BCUT2D eigenvalue weighted by atomic mass is 19.1. The van der Waals surface area contributed by atoms with Crippen LogP contribution >= 0.6 is 0 Å². The Bertz CT molecular complexity index is 481. The Labute approximate surface area is 73.8 Å². The van der Waals surface area contributed by atoms with Gasteiger partial charge in [-0.05, 0) is 17.7 Å². The smallest absolute Gasteiger partial charge is 0.151 e. The third-order valence-corrected chi connectivity index (χ3v) is 1.82. The molecule has 0 amide bonds. The van der Waals surface area contributed by atoms with Gasteiger partial charge in [0, 0.05) is 0 Å². The lowest BCUT2D eigenvalue weighted by Gasteiger charge is -1.95. The zero-order chi connectivity index (χ0) is 9.26. The van der Waals surface area contributed by atoms with Gasteiger partial charge in [-0.1, -0.05) is 0 Å².